The second-order valence-corrected chi connectivity index (χ2v) is 9.38. The van der Waals surface area contributed by atoms with Crippen LogP contribution in [-0.2, 0) is 21.4 Å². The number of carbonyl (C=O) groups is 1. The number of amides is 1. The molecule has 0 bridgehead atoms. The summed E-state index contributed by atoms with van der Waals surface area (Å²) in [6.45, 7) is 6.61. The molecular weight excluding hydrogens is 428 g/mol. The first kappa shape index (κ1) is 23.6. The predicted octanol–water partition coefficient (Wildman–Crippen LogP) is 2.69. The Kier molecular flexibility index (Phi) is 7.42. The number of nitrogens with zero attached hydrogens (tertiary/aromatic N) is 3. The smallest absolute Gasteiger partial charge is 0.243 e. The van der Waals surface area contributed by atoms with Crippen LogP contribution in [0.2, 0.25) is 0 Å². The molecule has 0 unspecified atom stereocenters. The van der Waals surface area contributed by atoms with Gasteiger partial charge in [-0.25, -0.2) is 8.42 Å². The topological polar surface area (TPSA) is 101 Å². The van der Waals surface area contributed by atoms with Crippen molar-refractivity contribution >= 4 is 26.8 Å². The van der Waals surface area contributed by atoms with Crippen LogP contribution in [0.1, 0.15) is 38.8 Å². The zero-order valence-corrected chi connectivity index (χ0v) is 19.3. The van der Waals surface area contributed by atoms with E-state index in [0.717, 1.165) is 5.56 Å². The van der Waals surface area contributed by atoms with Crippen LogP contribution < -0.4 is 10.7 Å². The van der Waals surface area contributed by atoms with E-state index in [2.05, 4.69) is 10.4 Å². The van der Waals surface area contributed by atoms with E-state index in [0.29, 0.717) is 30.5 Å². The van der Waals surface area contributed by atoms with E-state index < -0.39 is 10.0 Å². The number of benzene rings is 2. The van der Waals surface area contributed by atoms with E-state index in [1.54, 1.807) is 61.0 Å². The van der Waals surface area contributed by atoms with Crippen LogP contribution in [-0.4, -0.2) is 41.5 Å². The molecule has 0 aliphatic carbocycles. The Labute approximate surface area is 187 Å². The second kappa shape index (κ2) is 10.1. The Morgan fingerprint density at radius 3 is 2.41 bits per heavy atom. The van der Waals surface area contributed by atoms with Crippen molar-refractivity contribution in [2.75, 3.05) is 13.1 Å². The average Bonchev–Trinajstić information content (AvgIpc) is 2.79. The molecule has 0 fully saturated rings. The van der Waals surface area contributed by atoms with Gasteiger partial charge in [0.1, 0.15) is 0 Å². The Morgan fingerprint density at radius 2 is 1.75 bits per heavy atom. The molecule has 1 N–H and O–H groups in total. The Hall–Kier alpha value is -3.04. The van der Waals surface area contributed by atoms with Crippen LogP contribution >= 0.6 is 0 Å². The molecule has 1 atom stereocenters. The SMILES string of the molecule is CCN(CC)S(=O)(=O)c1ccc([C@@H](C)NC(=O)CCn2ncc(=O)c3ccccc32)cc1. The summed E-state index contributed by atoms with van der Waals surface area (Å²) in [6.07, 6.45) is 1.45. The summed E-state index contributed by atoms with van der Waals surface area (Å²) in [5.74, 6) is -0.165. The highest BCUT2D eigenvalue weighted by Gasteiger charge is 2.21. The van der Waals surface area contributed by atoms with Crippen LogP contribution in [0.5, 0.6) is 0 Å². The molecule has 1 heterocycles. The van der Waals surface area contributed by atoms with Gasteiger partial charge in [0.05, 0.1) is 29.2 Å². The summed E-state index contributed by atoms with van der Waals surface area (Å²) in [7, 11) is -3.51. The van der Waals surface area contributed by atoms with Gasteiger partial charge >= 0.3 is 0 Å². The number of sulfonamides is 1. The summed E-state index contributed by atoms with van der Waals surface area (Å²) in [5.41, 5.74) is 1.34. The van der Waals surface area contributed by atoms with Gasteiger partial charge in [-0.3, -0.25) is 14.3 Å². The number of nitrogens with one attached hydrogen (secondary N) is 1. The number of hydrogen-bond donors (Lipinski definition) is 1. The molecule has 0 saturated carbocycles. The average molecular weight is 457 g/mol. The lowest BCUT2D eigenvalue weighted by Crippen LogP contribution is -2.30. The van der Waals surface area contributed by atoms with Crippen molar-refractivity contribution in [1.29, 1.82) is 0 Å². The number of aryl methyl sites for hydroxylation is 1. The highest BCUT2D eigenvalue weighted by atomic mass is 32.2. The third-order valence-corrected chi connectivity index (χ3v) is 7.48. The van der Waals surface area contributed by atoms with Crippen molar-refractivity contribution < 1.29 is 13.2 Å². The minimum absolute atomic E-state index is 0.152. The molecule has 2 aromatic carbocycles. The van der Waals surface area contributed by atoms with E-state index in [1.807, 2.05) is 13.0 Å². The molecule has 0 aliphatic rings. The third kappa shape index (κ3) is 5.05. The minimum Gasteiger partial charge on any atom is -0.350 e. The first-order valence-corrected chi connectivity index (χ1v) is 12.1. The molecule has 9 heteroatoms. The van der Waals surface area contributed by atoms with Gasteiger partial charge in [-0.15, -0.1) is 0 Å². The van der Waals surface area contributed by atoms with Gasteiger partial charge < -0.3 is 5.32 Å². The van der Waals surface area contributed by atoms with Crippen LogP contribution in [0.15, 0.2) is 64.4 Å². The Balaban J connectivity index is 1.64. The molecule has 0 saturated heterocycles. The zero-order chi connectivity index (χ0) is 23.3. The van der Waals surface area contributed by atoms with Crippen molar-refractivity contribution in [1.82, 2.24) is 19.4 Å². The quantitative estimate of drug-likeness (QED) is 0.533. The Bertz CT molecular complexity index is 1250. The molecule has 3 aromatic rings. The minimum atomic E-state index is -3.51. The van der Waals surface area contributed by atoms with Gasteiger partial charge in [0.25, 0.3) is 0 Å². The van der Waals surface area contributed by atoms with Crippen LogP contribution in [0, 0.1) is 0 Å². The van der Waals surface area contributed by atoms with E-state index >= 15 is 0 Å². The van der Waals surface area contributed by atoms with Crippen molar-refractivity contribution in [3.8, 4) is 0 Å². The molecule has 1 aromatic heterocycles. The summed E-state index contributed by atoms with van der Waals surface area (Å²) < 4.78 is 28.3. The number of aromatic nitrogens is 2. The first-order valence-electron chi connectivity index (χ1n) is 10.6. The van der Waals surface area contributed by atoms with E-state index in [4.69, 9.17) is 0 Å². The molecule has 8 nitrogen and oxygen atoms in total. The van der Waals surface area contributed by atoms with Gasteiger partial charge in [-0.2, -0.15) is 9.40 Å². The number of para-hydroxylation sites is 1. The molecule has 170 valence electrons. The second-order valence-electron chi connectivity index (χ2n) is 7.45. The van der Waals surface area contributed by atoms with Gasteiger partial charge in [0.15, 0.2) is 0 Å². The fraction of sp³-hybridized carbons (Fsp3) is 0.348. The van der Waals surface area contributed by atoms with Crippen molar-refractivity contribution in [2.24, 2.45) is 0 Å². The summed E-state index contributed by atoms with van der Waals surface area (Å²) in [5, 5.41) is 7.63. The molecule has 0 spiro atoms. The fourth-order valence-electron chi connectivity index (χ4n) is 3.58. The normalized spacial score (nSPS) is 12.8. The standard InChI is InChI=1S/C23H28N4O4S/c1-4-26(5-2)32(30,31)19-12-10-18(11-13-19)17(3)25-23(29)14-15-27-21-9-7-6-8-20(21)22(28)16-24-27/h6-13,16-17H,4-5,14-15H2,1-3H3,(H,25,29)/t17-/m1/s1. The lowest BCUT2D eigenvalue weighted by Gasteiger charge is -2.19. The van der Waals surface area contributed by atoms with Crippen molar-refractivity contribution in [3.63, 3.8) is 0 Å². The number of hydrogen-bond acceptors (Lipinski definition) is 5. The van der Waals surface area contributed by atoms with Crippen LogP contribution in [0.4, 0.5) is 0 Å². The van der Waals surface area contributed by atoms with Crippen molar-refractivity contribution in [2.45, 2.75) is 44.7 Å². The summed E-state index contributed by atoms with van der Waals surface area (Å²) in [6, 6.07) is 13.5. The Morgan fingerprint density at radius 1 is 1.09 bits per heavy atom. The van der Waals surface area contributed by atoms with Gasteiger partial charge in [0.2, 0.25) is 21.4 Å². The maximum atomic E-state index is 12.6. The number of fused-ring (bicyclic) bond motifs is 1. The molecule has 1 amide bonds. The zero-order valence-electron chi connectivity index (χ0n) is 18.5. The lowest BCUT2D eigenvalue weighted by atomic mass is 10.1. The molecule has 3 rings (SSSR count). The van der Waals surface area contributed by atoms with Crippen LogP contribution in [0.25, 0.3) is 10.9 Å². The molecule has 32 heavy (non-hydrogen) atoms. The van der Waals surface area contributed by atoms with Gasteiger partial charge in [-0.05, 0) is 36.8 Å². The summed E-state index contributed by atoms with van der Waals surface area (Å²) in [4.78, 5) is 24.6. The molecule has 0 aliphatic heterocycles. The van der Waals surface area contributed by atoms with E-state index in [1.165, 1.54) is 10.5 Å². The number of rotatable bonds is 9. The summed E-state index contributed by atoms with van der Waals surface area (Å²) >= 11 is 0. The van der Waals surface area contributed by atoms with E-state index in [-0.39, 0.29) is 28.7 Å². The lowest BCUT2D eigenvalue weighted by molar-refractivity contribution is -0.122. The highest BCUT2D eigenvalue weighted by molar-refractivity contribution is 7.89. The molecular formula is C23H28N4O4S. The monoisotopic (exact) mass is 456 g/mol. The van der Waals surface area contributed by atoms with Crippen LogP contribution in [0.3, 0.4) is 0 Å². The predicted molar refractivity (Wildman–Crippen MR) is 124 cm³/mol. The maximum Gasteiger partial charge on any atom is 0.243 e. The number of carbonyl (C=O) groups excluding carboxylic acids is 1. The van der Waals surface area contributed by atoms with Crippen molar-refractivity contribution in [3.05, 3.63) is 70.5 Å². The molecule has 0 radical (unpaired) electrons. The van der Waals surface area contributed by atoms with E-state index in [9.17, 15) is 18.0 Å². The van der Waals surface area contributed by atoms with Gasteiger partial charge in [-0.1, -0.05) is 38.1 Å². The largest absolute Gasteiger partial charge is 0.350 e. The first-order chi connectivity index (χ1) is 15.3. The fourth-order valence-corrected chi connectivity index (χ4v) is 5.04. The maximum absolute atomic E-state index is 12.6. The van der Waals surface area contributed by atoms with Gasteiger partial charge in [0, 0.05) is 24.9 Å². The highest BCUT2D eigenvalue weighted by Crippen LogP contribution is 2.19. The third-order valence-electron chi connectivity index (χ3n) is 5.41.